The van der Waals surface area contributed by atoms with Crippen LogP contribution in [0.15, 0.2) is 53.5 Å². The van der Waals surface area contributed by atoms with Crippen molar-refractivity contribution >= 4 is 29.2 Å². The van der Waals surface area contributed by atoms with E-state index in [0.29, 0.717) is 23.6 Å². The lowest BCUT2D eigenvalue weighted by Crippen LogP contribution is -2.36. The Labute approximate surface area is 186 Å². The summed E-state index contributed by atoms with van der Waals surface area (Å²) in [5.74, 6) is -0.638. The summed E-state index contributed by atoms with van der Waals surface area (Å²) in [5.41, 5.74) is 3.83. The van der Waals surface area contributed by atoms with Gasteiger partial charge in [0.1, 0.15) is 5.82 Å². The molecule has 2 N–H and O–H groups in total. The number of guanidine groups is 1. The summed E-state index contributed by atoms with van der Waals surface area (Å²) in [6.07, 6.45) is 0.650. The van der Waals surface area contributed by atoms with Crippen molar-refractivity contribution in [2.24, 2.45) is 4.99 Å². The molecule has 0 saturated carbocycles. The minimum absolute atomic E-state index is 0.170. The van der Waals surface area contributed by atoms with Gasteiger partial charge in [-0.05, 0) is 69.2 Å². The first-order valence-electron chi connectivity index (χ1n) is 10.0. The maximum absolute atomic E-state index is 14.1. The molecule has 3 rings (SSSR count). The molecule has 0 aliphatic rings. The first kappa shape index (κ1) is 22.5. The lowest BCUT2D eigenvalue weighted by Gasteiger charge is -2.12. The molecule has 0 fully saturated rings. The molecule has 8 heteroatoms. The van der Waals surface area contributed by atoms with Crippen molar-refractivity contribution in [2.45, 2.75) is 33.7 Å². The van der Waals surface area contributed by atoms with Gasteiger partial charge in [0.05, 0.1) is 11.4 Å². The number of nitrogens with zero attached hydrogens (tertiary/aromatic N) is 3. The van der Waals surface area contributed by atoms with Crippen molar-refractivity contribution in [3.63, 3.8) is 0 Å². The number of aromatic nitrogens is 2. The highest BCUT2D eigenvalue weighted by Gasteiger charge is 2.13. The van der Waals surface area contributed by atoms with Crippen LogP contribution in [-0.2, 0) is 13.0 Å². The van der Waals surface area contributed by atoms with Crippen LogP contribution in [0.3, 0.4) is 0 Å². The van der Waals surface area contributed by atoms with E-state index < -0.39 is 5.82 Å². The Hall–Kier alpha value is -3.19. The molecule has 0 bridgehead atoms. The molecule has 2 aromatic carbocycles. The number of para-hydroxylation sites is 1. The zero-order valence-corrected chi connectivity index (χ0v) is 18.5. The summed E-state index contributed by atoms with van der Waals surface area (Å²) in [7, 11) is 0. The Bertz CT molecular complexity index is 1090. The lowest BCUT2D eigenvalue weighted by atomic mass is 10.1. The Kier molecular flexibility index (Phi) is 7.41. The molecular formula is C23H25ClFN5O. The van der Waals surface area contributed by atoms with Crippen LogP contribution in [0.1, 0.15) is 34.2 Å². The normalized spacial score (nSPS) is 11.5. The smallest absolute Gasteiger partial charge is 0.257 e. The third-order valence-corrected chi connectivity index (χ3v) is 5.18. The Balaban J connectivity index is 1.79. The fraction of sp³-hybridized carbons (Fsp3) is 0.261. The van der Waals surface area contributed by atoms with Gasteiger partial charge in [0.15, 0.2) is 0 Å². The van der Waals surface area contributed by atoms with E-state index in [1.165, 1.54) is 6.07 Å². The number of carbonyl (C=O) groups excluding carboxylic acids is 1. The minimum atomic E-state index is -0.438. The summed E-state index contributed by atoms with van der Waals surface area (Å²) >= 11 is 5.89. The maximum Gasteiger partial charge on any atom is 0.257 e. The number of aryl methyl sites for hydroxylation is 2. The monoisotopic (exact) mass is 441 g/mol. The van der Waals surface area contributed by atoms with Gasteiger partial charge in [-0.3, -0.25) is 19.8 Å². The second-order valence-corrected chi connectivity index (χ2v) is 7.45. The fourth-order valence-corrected chi connectivity index (χ4v) is 3.39. The van der Waals surface area contributed by atoms with Crippen molar-refractivity contribution < 1.29 is 9.18 Å². The molecule has 3 aromatic rings. The van der Waals surface area contributed by atoms with Crippen LogP contribution in [0.2, 0.25) is 5.02 Å². The molecule has 0 spiro atoms. The molecule has 6 nitrogen and oxygen atoms in total. The van der Waals surface area contributed by atoms with E-state index in [0.717, 1.165) is 23.5 Å². The van der Waals surface area contributed by atoms with Gasteiger partial charge >= 0.3 is 0 Å². The second kappa shape index (κ2) is 10.2. The topological polar surface area (TPSA) is 71.3 Å². The van der Waals surface area contributed by atoms with Crippen LogP contribution in [0.25, 0.3) is 0 Å². The molecule has 1 amide bonds. The van der Waals surface area contributed by atoms with Crippen molar-refractivity contribution in [2.75, 3.05) is 11.9 Å². The van der Waals surface area contributed by atoms with Crippen LogP contribution < -0.4 is 10.6 Å². The van der Waals surface area contributed by atoms with Gasteiger partial charge in [-0.15, -0.1) is 0 Å². The number of hydrogen-bond donors (Lipinski definition) is 2. The van der Waals surface area contributed by atoms with Crippen molar-refractivity contribution in [1.82, 2.24) is 15.1 Å². The van der Waals surface area contributed by atoms with E-state index in [1.807, 2.05) is 25.5 Å². The van der Waals surface area contributed by atoms with Crippen molar-refractivity contribution in [3.8, 4) is 0 Å². The predicted molar refractivity (Wildman–Crippen MR) is 122 cm³/mol. The number of hydrogen-bond acceptors (Lipinski definition) is 3. The van der Waals surface area contributed by atoms with Gasteiger partial charge in [-0.25, -0.2) is 4.39 Å². The molecule has 1 aromatic heterocycles. The van der Waals surface area contributed by atoms with E-state index >= 15 is 0 Å². The molecule has 0 atom stereocenters. The number of benzene rings is 2. The Morgan fingerprint density at radius 1 is 1.16 bits per heavy atom. The van der Waals surface area contributed by atoms with Crippen molar-refractivity contribution in [1.29, 1.82) is 0 Å². The van der Waals surface area contributed by atoms with Gasteiger partial charge in [0, 0.05) is 29.4 Å². The molecule has 0 radical (unpaired) electrons. The van der Waals surface area contributed by atoms with E-state index in [-0.39, 0.29) is 17.6 Å². The van der Waals surface area contributed by atoms with E-state index in [1.54, 1.807) is 42.5 Å². The van der Waals surface area contributed by atoms with Crippen LogP contribution in [0.5, 0.6) is 0 Å². The standard InChI is InChI=1S/C23H25ClFN5O/c1-4-30-16(3)19(15(2)29-30)13-14-26-23(27-21-8-6-5-7-20(21)25)28-22(31)17-9-11-18(24)12-10-17/h5-12H,4,13-14H2,1-3H3,(H2,26,27,28,31). The van der Waals surface area contributed by atoms with Crippen LogP contribution in [0.4, 0.5) is 10.1 Å². The summed E-state index contributed by atoms with van der Waals surface area (Å²) in [6, 6.07) is 12.7. The highest BCUT2D eigenvalue weighted by Crippen LogP contribution is 2.15. The lowest BCUT2D eigenvalue weighted by molar-refractivity contribution is 0.0977. The number of anilines is 1. The SMILES string of the molecule is CCn1nc(C)c(CCN=C(NC(=O)c2ccc(Cl)cc2)Nc2ccccc2F)c1C. The van der Waals surface area contributed by atoms with Crippen LogP contribution in [0, 0.1) is 19.7 Å². The zero-order valence-electron chi connectivity index (χ0n) is 17.7. The largest absolute Gasteiger partial charge is 0.323 e. The number of nitrogens with one attached hydrogen (secondary N) is 2. The molecule has 1 heterocycles. The van der Waals surface area contributed by atoms with Crippen molar-refractivity contribution in [3.05, 3.63) is 81.9 Å². The number of rotatable bonds is 6. The van der Waals surface area contributed by atoms with Crippen LogP contribution in [-0.4, -0.2) is 28.2 Å². The number of halogens is 2. The number of carbonyl (C=O) groups is 1. The minimum Gasteiger partial charge on any atom is -0.323 e. The maximum atomic E-state index is 14.1. The Morgan fingerprint density at radius 2 is 1.87 bits per heavy atom. The summed E-state index contributed by atoms with van der Waals surface area (Å²) in [4.78, 5) is 17.1. The average molecular weight is 442 g/mol. The van der Waals surface area contributed by atoms with Gasteiger partial charge in [-0.1, -0.05) is 23.7 Å². The van der Waals surface area contributed by atoms with E-state index in [2.05, 4.69) is 20.7 Å². The third kappa shape index (κ3) is 5.70. The summed E-state index contributed by atoms with van der Waals surface area (Å²) < 4.78 is 16.1. The highest BCUT2D eigenvalue weighted by atomic mass is 35.5. The molecule has 0 aliphatic carbocycles. The van der Waals surface area contributed by atoms with E-state index in [4.69, 9.17) is 11.6 Å². The first-order valence-corrected chi connectivity index (χ1v) is 10.4. The quantitative estimate of drug-likeness (QED) is 0.428. The van der Waals surface area contributed by atoms with Crippen LogP contribution >= 0.6 is 11.6 Å². The fourth-order valence-electron chi connectivity index (χ4n) is 3.26. The Morgan fingerprint density at radius 3 is 2.52 bits per heavy atom. The molecule has 31 heavy (non-hydrogen) atoms. The molecule has 0 aliphatic heterocycles. The third-order valence-electron chi connectivity index (χ3n) is 4.93. The molecular weight excluding hydrogens is 417 g/mol. The zero-order chi connectivity index (χ0) is 22.4. The second-order valence-electron chi connectivity index (χ2n) is 7.01. The first-order chi connectivity index (χ1) is 14.9. The van der Waals surface area contributed by atoms with E-state index in [9.17, 15) is 9.18 Å². The highest BCUT2D eigenvalue weighted by molar-refractivity contribution is 6.30. The molecule has 0 saturated heterocycles. The summed E-state index contributed by atoms with van der Waals surface area (Å²) in [5, 5.41) is 10.7. The summed E-state index contributed by atoms with van der Waals surface area (Å²) in [6.45, 7) is 7.24. The number of amides is 1. The average Bonchev–Trinajstić information content (AvgIpc) is 3.03. The molecule has 0 unspecified atom stereocenters. The predicted octanol–water partition coefficient (Wildman–Crippen LogP) is 4.75. The van der Waals surface area contributed by atoms with Gasteiger partial charge in [0.25, 0.3) is 5.91 Å². The van der Waals surface area contributed by atoms with Gasteiger partial charge < -0.3 is 5.32 Å². The molecule has 162 valence electrons. The number of aliphatic imine (C=N–C) groups is 1. The van der Waals surface area contributed by atoms with Gasteiger partial charge in [0.2, 0.25) is 5.96 Å². The van der Waals surface area contributed by atoms with Gasteiger partial charge in [-0.2, -0.15) is 5.10 Å².